The maximum Gasteiger partial charge on any atom is 0.320 e. The van der Waals surface area contributed by atoms with Crippen LogP contribution in [-0.4, -0.2) is 40.6 Å². The molecule has 0 aromatic carbocycles. The van der Waals surface area contributed by atoms with E-state index in [1.54, 1.807) is 43.4 Å². The molecule has 2 N–H and O–H groups in total. The van der Waals surface area contributed by atoms with E-state index in [1.807, 2.05) is 6.07 Å². The molecular weight excluding hydrogens is 298 g/mol. The van der Waals surface area contributed by atoms with Crippen LogP contribution in [0.2, 0.25) is 0 Å². The van der Waals surface area contributed by atoms with Crippen molar-refractivity contribution in [1.29, 1.82) is 0 Å². The molecular formula is C15H19N5O3. The van der Waals surface area contributed by atoms with Crippen LogP contribution < -0.4 is 15.4 Å². The Kier molecular flexibility index (Phi) is 4.42. The predicted molar refractivity (Wildman–Crippen MR) is 83.2 cm³/mol. The SMILES string of the molecule is COc1ccc([C@H]2OCC[C@@H]2NC(=O)Nc2ccn(C)n2)cn1. The van der Waals surface area contributed by atoms with Crippen LogP contribution in [0.25, 0.3) is 0 Å². The van der Waals surface area contributed by atoms with E-state index < -0.39 is 0 Å². The zero-order chi connectivity index (χ0) is 16.2. The second kappa shape index (κ2) is 6.66. The number of pyridine rings is 1. The first-order valence-electron chi connectivity index (χ1n) is 7.34. The summed E-state index contributed by atoms with van der Waals surface area (Å²) in [5.41, 5.74) is 0.909. The highest BCUT2D eigenvalue weighted by atomic mass is 16.5. The standard InChI is InChI=1S/C15H19N5O3/c1-20-7-5-12(19-20)18-15(21)17-11-6-8-23-14(11)10-3-4-13(22-2)16-9-10/h3-5,7,9,11,14H,6,8H2,1-2H3,(H2,17,18,19,21)/t11-,14+/m0/s1. The summed E-state index contributed by atoms with van der Waals surface area (Å²) in [5, 5.41) is 9.75. The summed E-state index contributed by atoms with van der Waals surface area (Å²) in [5.74, 6) is 1.05. The Morgan fingerprint density at radius 1 is 1.43 bits per heavy atom. The van der Waals surface area contributed by atoms with Gasteiger partial charge in [-0.25, -0.2) is 9.78 Å². The van der Waals surface area contributed by atoms with Gasteiger partial charge in [0.15, 0.2) is 5.82 Å². The quantitative estimate of drug-likeness (QED) is 0.891. The van der Waals surface area contributed by atoms with Gasteiger partial charge in [0.05, 0.1) is 13.2 Å². The first kappa shape index (κ1) is 15.3. The van der Waals surface area contributed by atoms with Gasteiger partial charge in [-0.05, 0) is 12.5 Å². The number of carbonyl (C=O) groups is 1. The lowest BCUT2D eigenvalue weighted by molar-refractivity contribution is 0.100. The third-order valence-electron chi connectivity index (χ3n) is 3.66. The van der Waals surface area contributed by atoms with Crippen LogP contribution in [0, 0.1) is 0 Å². The number of anilines is 1. The van der Waals surface area contributed by atoms with Gasteiger partial charge in [-0.2, -0.15) is 5.10 Å². The number of rotatable bonds is 4. The lowest BCUT2D eigenvalue weighted by atomic mass is 10.0. The minimum absolute atomic E-state index is 0.117. The number of urea groups is 1. The van der Waals surface area contributed by atoms with Crippen molar-refractivity contribution < 1.29 is 14.3 Å². The van der Waals surface area contributed by atoms with Gasteiger partial charge in [0, 0.05) is 43.7 Å². The van der Waals surface area contributed by atoms with E-state index in [4.69, 9.17) is 9.47 Å². The average molecular weight is 317 g/mol. The molecule has 3 rings (SSSR count). The Balaban J connectivity index is 1.62. The highest BCUT2D eigenvalue weighted by Crippen LogP contribution is 2.29. The molecule has 2 atom stereocenters. The maximum absolute atomic E-state index is 12.1. The molecule has 2 aromatic heterocycles. The molecule has 8 heteroatoms. The summed E-state index contributed by atoms with van der Waals surface area (Å²) < 4.78 is 12.4. The molecule has 3 heterocycles. The van der Waals surface area contributed by atoms with E-state index in [2.05, 4.69) is 20.7 Å². The fourth-order valence-electron chi connectivity index (χ4n) is 2.55. The number of ether oxygens (including phenoxy) is 2. The molecule has 1 aliphatic heterocycles. The van der Waals surface area contributed by atoms with E-state index in [0.29, 0.717) is 18.3 Å². The van der Waals surface area contributed by atoms with Crippen molar-refractivity contribution >= 4 is 11.8 Å². The summed E-state index contributed by atoms with van der Waals surface area (Å²) in [4.78, 5) is 16.3. The Hall–Kier alpha value is -2.61. The van der Waals surface area contributed by atoms with Crippen LogP contribution in [0.15, 0.2) is 30.6 Å². The Bertz CT molecular complexity index is 670. The molecule has 2 aromatic rings. The molecule has 0 radical (unpaired) electrons. The predicted octanol–water partition coefficient (Wildman–Crippen LogP) is 1.48. The number of amides is 2. The van der Waals surface area contributed by atoms with E-state index in [9.17, 15) is 4.79 Å². The molecule has 23 heavy (non-hydrogen) atoms. The number of hydrogen-bond acceptors (Lipinski definition) is 5. The zero-order valence-electron chi connectivity index (χ0n) is 13.0. The first-order chi connectivity index (χ1) is 11.2. The monoisotopic (exact) mass is 317 g/mol. The zero-order valence-corrected chi connectivity index (χ0v) is 13.0. The van der Waals surface area contributed by atoms with Crippen LogP contribution >= 0.6 is 0 Å². The molecule has 0 aliphatic carbocycles. The topological polar surface area (TPSA) is 90.3 Å². The van der Waals surface area contributed by atoms with E-state index in [1.165, 1.54) is 0 Å². The van der Waals surface area contributed by atoms with Gasteiger partial charge in [-0.3, -0.25) is 10.00 Å². The Labute approximate surface area is 133 Å². The number of carbonyl (C=O) groups excluding carboxylic acids is 1. The van der Waals surface area contributed by atoms with Crippen molar-refractivity contribution in [2.75, 3.05) is 19.0 Å². The van der Waals surface area contributed by atoms with Gasteiger partial charge < -0.3 is 14.8 Å². The molecule has 0 bridgehead atoms. The minimum atomic E-state index is -0.300. The van der Waals surface area contributed by atoms with Crippen LogP contribution in [0.3, 0.4) is 0 Å². The summed E-state index contributed by atoms with van der Waals surface area (Å²) in [6.45, 7) is 0.589. The van der Waals surface area contributed by atoms with Crippen molar-refractivity contribution in [3.8, 4) is 5.88 Å². The fourth-order valence-corrected chi connectivity index (χ4v) is 2.55. The molecule has 0 spiro atoms. The molecule has 0 unspecified atom stereocenters. The van der Waals surface area contributed by atoms with Gasteiger partial charge in [-0.1, -0.05) is 0 Å². The lowest BCUT2D eigenvalue weighted by Crippen LogP contribution is -2.39. The van der Waals surface area contributed by atoms with E-state index >= 15 is 0 Å². The van der Waals surface area contributed by atoms with Gasteiger partial charge in [0.1, 0.15) is 6.10 Å². The van der Waals surface area contributed by atoms with Crippen LogP contribution in [0.1, 0.15) is 18.1 Å². The minimum Gasteiger partial charge on any atom is -0.481 e. The Morgan fingerprint density at radius 2 is 2.30 bits per heavy atom. The van der Waals surface area contributed by atoms with Crippen LogP contribution in [0.5, 0.6) is 5.88 Å². The number of aromatic nitrogens is 3. The number of nitrogens with zero attached hydrogens (tertiary/aromatic N) is 3. The lowest BCUT2D eigenvalue weighted by Gasteiger charge is -2.20. The number of methoxy groups -OCH3 is 1. The summed E-state index contributed by atoms with van der Waals surface area (Å²) in [6.07, 6.45) is 4.00. The van der Waals surface area contributed by atoms with E-state index in [-0.39, 0.29) is 18.2 Å². The molecule has 8 nitrogen and oxygen atoms in total. The second-order valence-corrected chi connectivity index (χ2v) is 5.29. The molecule has 0 saturated carbocycles. The van der Waals surface area contributed by atoms with Gasteiger partial charge in [-0.15, -0.1) is 0 Å². The summed E-state index contributed by atoms with van der Waals surface area (Å²) in [7, 11) is 3.36. The summed E-state index contributed by atoms with van der Waals surface area (Å²) in [6, 6.07) is 4.99. The second-order valence-electron chi connectivity index (χ2n) is 5.29. The van der Waals surface area contributed by atoms with Gasteiger partial charge >= 0.3 is 6.03 Å². The number of hydrogen-bond donors (Lipinski definition) is 2. The molecule has 122 valence electrons. The third-order valence-corrected chi connectivity index (χ3v) is 3.66. The van der Waals surface area contributed by atoms with Crippen molar-refractivity contribution in [3.63, 3.8) is 0 Å². The largest absolute Gasteiger partial charge is 0.481 e. The Morgan fingerprint density at radius 3 is 2.96 bits per heavy atom. The molecule has 1 fully saturated rings. The van der Waals surface area contributed by atoms with Crippen molar-refractivity contribution in [2.45, 2.75) is 18.6 Å². The number of nitrogens with one attached hydrogen (secondary N) is 2. The first-order valence-corrected chi connectivity index (χ1v) is 7.34. The van der Waals surface area contributed by atoms with Crippen molar-refractivity contribution in [3.05, 3.63) is 36.2 Å². The maximum atomic E-state index is 12.1. The third kappa shape index (κ3) is 3.59. The van der Waals surface area contributed by atoms with Gasteiger partial charge in [0.25, 0.3) is 0 Å². The highest BCUT2D eigenvalue weighted by molar-refractivity contribution is 5.88. The van der Waals surface area contributed by atoms with Crippen molar-refractivity contribution in [2.24, 2.45) is 7.05 Å². The molecule has 1 aliphatic rings. The smallest absolute Gasteiger partial charge is 0.320 e. The van der Waals surface area contributed by atoms with E-state index in [0.717, 1.165) is 12.0 Å². The van der Waals surface area contributed by atoms with Crippen LogP contribution in [0.4, 0.5) is 10.6 Å². The molecule has 2 amide bonds. The summed E-state index contributed by atoms with van der Waals surface area (Å²) >= 11 is 0. The highest BCUT2D eigenvalue weighted by Gasteiger charge is 2.31. The van der Waals surface area contributed by atoms with Crippen LogP contribution in [-0.2, 0) is 11.8 Å². The normalized spacial score (nSPS) is 20.3. The van der Waals surface area contributed by atoms with Crippen molar-refractivity contribution in [1.82, 2.24) is 20.1 Å². The number of aryl methyl sites for hydroxylation is 1. The fraction of sp³-hybridized carbons (Fsp3) is 0.400. The van der Waals surface area contributed by atoms with Gasteiger partial charge in [0.2, 0.25) is 5.88 Å². The molecule has 1 saturated heterocycles. The average Bonchev–Trinajstić information content (AvgIpc) is 3.16.